The lowest BCUT2D eigenvalue weighted by Gasteiger charge is -2.25. The molecule has 0 spiro atoms. The van der Waals surface area contributed by atoms with E-state index >= 15 is 0 Å². The number of aromatic nitrogens is 2. The Bertz CT molecular complexity index is 785. The van der Waals surface area contributed by atoms with Gasteiger partial charge < -0.3 is 9.80 Å². The molecule has 0 N–H and O–H groups in total. The van der Waals surface area contributed by atoms with E-state index in [2.05, 4.69) is 9.97 Å². The highest BCUT2D eigenvalue weighted by molar-refractivity contribution is 5.56. The zero-order chi connectivity index (χ0) is 18.0. The van der Waals surface area contributed by atoms with Gasteiger partial charge in [-0.15, -0.1) is 0 Å². The minimum atomic E-state index is -4.55. The van der Waals surface area contributed by atoms with E-state index in [0.29, 0.717) is 24.7 Å². The fourth-order valence-electron chi connectivity index (χ4n) is 2.99. The summed E-state index contributed by atoms with van der Waals surface area (Å²) in [4.78, 5) is 12.2. The monoisotopic (exact) mass is 347 g/mol. The van der Waals surface area contributed by atoms with Crippen LogP contribution in [0.1, 0.15) is 17.5 Å². The Morgan fingerprint density at radius 2 is 2.00 bits per heavy atom. The van der Waals surface area contributed by atoms with Crippen LogP contribution in [0.4, 0.5) is 24.8 Å². The third-order valence-corrected chi connectivity index (χ3v) is 4.37. The molecule has 2 heterocycles. The molecular weight excluding hydrogens is 331 g/mol. The number of nitriles is 1. The number of benzene rings is 1. The number of halogens is 3. The largest absolute Gasteiger partial charge is 0.417 e. The number of hydrogen-bond donors (Lipinski definition) is 0. The molecule has 25 heavy (non-hydrogen) atoms. The summed E-state index contributed by atoms with van der Waals surface area (Å²) in [6.45, 7) is 1.20. The van der Waals surface area contributed by atoms with Crippen molar-refractivity contribution in [1.82, 2.24) is 9.97 Å². The van der Waals surface area contributed by atoms with Crippen molar-refractivity contribution in [2.75, 3.05) is 29.9 Å². The normalized spacial score (nSPS) is 17.4. The van der Waals surface area contributed by atoms with Crippen molar-refractivity contribution in [3.8, 4) is 6.07 Å². The first kappa shape index (κ1) is 17.0. The van der Waals surface area contributed by atoms with Gasteiger partial charge in [0.1, 0.15) is 0 Å². The Morgan fingerprint density at radius 3 is 2.64 bits per heavy atom. The van der Waals surface area contributed by atoms with Crippen LogP contribution < -0.4 is 9.80 Å². The molecule has 8 heteroatoms. The summed E-state index contributed by atoms with van der Waals surface area (Å²) in [5, 5.41) is 8.89. The minimum absolute atomic E-state index is 0.104. The second-order valence-corrected chi connectivity index (χ2v) is 5.89. The first-order chi connectivity index (χ1) is 11.9. The second kappa shape index (κ2) is 6.59. The molecule has 0 aliphatic carbocycles. The topological polar surface area (TPSA) is 56.1 Å². The van der Waals surface area contributed by atoms with Gasteiger partial charge in [0.05, 0.1) is 23.2 Å². The van der Waals surface area contributed by atoms with Gasteiger partial charge in [-0.2, -0.15) is 18.4 Å². The van der Waals surface area contributed by atoms with Crippen LogP contribution in [0.5, 0.6) is 0 Å². The average molecular weight is 347 g/mol. The molecule has 0 saturated carbocycles. The molecule has 1 aromatic heterocycles. The standard InChI is InChI=1S/C17H16F3N5/c1-24(16-22-6-2-7-23-16)14-5-8-25(11-14)13-4-3-12(10-21)15(9-13)17(18,19)20/h2-4,6-7,9,14H,5,8,11H2,1H3. The predicted octanol–water partition coefficient (Wildman–Crippen LogP) is 3.08. The average Bonchev–Trinajstić information content (AvgIpc) is 3.10. The third kappa shape index (κ3) is 3.50. The van der Waals surface area contributed by atoms with Crippen molar-refractivity contribution in [3.05, 3.63) is 47.8 Å². The van der Waals surface area contributed by atoms with Gasteiger partial charge in [0.2, 0.25) is 5.95 Å². The molecule has 0 amide bonds. The van der Waals surface area contributed by atoms with Gasteiger partial charge in [-0.25, -0.2) is 9.97 Å². The van der Waals surface area contributed by atoms with E-state index in [1.807, 2.05) is 16.8 Å². The van der Waals surface area contributed by atoms with E-state index in [-0.39, 0.29) is 11.6 Å². The summed E-state index contributed by atoms with van der Waals surface area (Å²) >= 11 is 0. The van der Waals surface area contributed by atoms with Gasteiger partial charge in [0.15, 0.2) is 0 Å². The Morgan fingerprint density at radius 1 is 1.28 bits per heavy atom. The summed E-state index contributed by atoms with van der Waals surface area (Å²) in [5.74, 6) is 0.588. The van der Waals surface area contributed by atoms with Crippen molar-refractivity contribution in [2.45, 2.75) is 18.6 Å². The highest BCUT2D eigenvalue weighted by Gasteiger charge is 2.35. The SMILES string of the molecule is CN(c1ncccn1)C1CCN(c2ccc(C#N)c(C(F)(F)F)c2)C1. The molecule has 130 valence electrons. The number of alkyl halides is 3. The zero-order valence-corrected chi connectivity index (χ0v) is 13.5. The summed E-state index contributed by atoms with van der Waals surface area (Å²) in [6.07, 6.45) is -0.450. The summed E-state index contributed by atoms with van der Waals surface area (Å²) in [5.41, 5.74) is -0.784. The lowest BCUT2D eigenvalue weighted by atomic mass is 10.1. The maximum absolute atomic E-state index is 13.1. The maximum atomic E-state index is 13.1. The van der Waals surface area contributed by atoms with Gasteiger partial charge in [-0.3, -0.25) is 0 Å². The molecule has 1 fully saturated rings. The van der Waals surface area contributed by atoms with Crippen LogP contribution in [0.15, 0.2) is 36.7 Å². The predicted molar refractivity (Wildman–Crippen MR) is 87.2 cm³/mol. The van der Waals surface area contributed by atoms with Crippen LogP contribution in [0.25, 0.3) is 0 Å². The van der Waals surface area contributed by atoms with Gasteiger partial charge in [0.25, 0.3) is 0 Å². The number of rotatable bonds is 3. The molecule has 1 unspecified atom stereocenters. The lowest BCUT2D eigenvalue weighted by Crippen LogP contribution is -2.35. The smallest absolute Gasteiger partial charge is 0.369 e. The maximum Gasteiger partial charge on any atom is 0.417 e. The molecule has 0 bridgehead atoms. The zero-order valence-electron chi connectivity index (χ0n) is 13.5. The summed E-state index contributed by atoms with van der Waals surface area (Å²) in [6, 6.07) is 7.29. The molecule has 1 aromatic carbocycles. The number of nitrogens with zero attached hydrogens (tertiary/aromatic N) is 5. The van der Waals surface area contributed by atoms with Crippen molar-refractivity contribution in [2.24, 2.45) is 0 Å². The van der Waals surface area contributed by atoms with Gasteiger partial charge >= 0.3 is 6.18 Å². The minimum Gasteiger partial charge on any atom is -0.369 e. The molecule has 3 rings (SSSR count). The second-order valence-electron chi connectivity index (χ2n) is 5.89. The highest BCUT2D eigenvalue weighted by Crippen LogP contribution is 2.35. The Balaban J connectivity index is 1.80. The number of anilines is 2. The van der Waals surface area contributed by atoms with Crippen LogP contribution in [0.2, 0.25) is 0 Å². The van der Waals surface area contributed by atoms with Gasteiger partial charge in [-0.1, -0.05) is 0 Å². The van der Waals surface area contributed by atoms with E-state index in [1.165, 1.54) is 6.07 Å². The Hall–Kier alpha value is -2.82. The number of hydrogen-bond acceptors (Lipinski definition) is 5. The van der Waals surface area contributed by atoms with Crippen LogP contribution in [-0.2, 0) is 6.18 Å². The van der Waals surface area contributed by atoms with Crippen LogP contribution in [0.3, 0.4) is 0 Å². The quantitative estimate of drug-likeness (QED) is 0.854. The molecule has 0 radical (unpaired) electrons. The highest BCUT2D eigenvalue weighted by atomic mass is 19.4. The van der Waals surface area contributed by atoms with E-state index in [0.717, 1.165) is 12.5 Å². The molecule has 1 aliphatic heterocycles. The first-order valence-corrected chi connectivity index (χ1v) is 7.76. The molecule has 1 atom stereocenters. The fourth-order valence-corrected chi connectivity index (χ4v) is 2.99. The van der Waals surface area contributed by atoms with Crippen molar-refractivity contribution in [3.63, 3.8) is 0 Å². The number of likely N-dealkylation sites (N-methyl/N-ethyl adjacent to an activating group) is 1. The van der Waals surface area contributed by atoms with Crippen molar-refractivity contribution in [1.29, 1.82) is 5.26 Å². The Labute approximate surface area is 143 Å². The van der Waals surface area contributed by atoms with Crippen molar-refractivity contribution >= 4 is 11.6 Å². The van der Waals surface area contributed by atoms with E-state index in [4.69, 9.17) is 5.26 Å². The van der Waals surface area contributed by atoms with E-state index in [1.54, 1.807) is 30.6 Å². The summed E-state index contributed by atoms with van der Waals surface area (Å²) < 4.78 is 39.4. The fraction of sp³-hybridized carbons (Fsp3) is 0.353. The Kier molecular flexibility index (Phi) is 4.49. The van der Waals surface area contributed by atoms with Crippen LogP contribution in [-0.4, -0.2) is 36.1 Å². The van der Waals surface area contributed by atoms with Crippen LogP contribution in [0, 0.1) is 11.3 Å². The first-order valence-electron chi connectivity index (χ1n) is 7.76. The van der Waals surface area contributed by atoms with Crippen LogP contribution >= 0.6 is 0 Å². The third-order valence-electron chi connectivity index (χ3n) is 4.37. The molecule has 1 saturated heterocycles. The molecular formula is C17H16F3N5. The van der Waals surface area contributed by atoms with E-state index in [9.17, 15) is 13.2 Å². The molecule has 2 aromatic rings. The molecule has 1 aliphatic rings. The van der Waals surface area contributed by atoms with E-state index < -0.39 is 11.7 Å². The summed E-state index contributed by atoms with van der Waals surface area (Å²) in [7, 11) is 1.88. The van der Waals surface area contributed by atoms with Gasteiger partial charge in [0, 0.05) is 38.2 Å². The van der Waals surface area contributed by atoms with Gasteiger partial charge in [-0.05, 0) is 30.7 Å². The molecule has 5 nitrogen and oxygen atoms in total. The lowest BCUT2D eigenvalue weighted by molar-refractivity contribution is -0.137. The van der Waals surface area contributed by atoms with Crippen molar-refractivity contribution < 1.29 is 13.2 Å².